The number of carbonyl (C=O) groups excluding carboxylic acids is 1. The number of aryl methyl sites for hydroxylation is 1. The summed E-state index contributed by atoms with van der Waals surface area (Å²) < 4.78 is 23.3. The van der Waals surface area contributed by atoms with Crippen molar-refractivity contribution in [3.05, 3.63) is 83.4 Å². The van der Waals surface area contributed by atoms with Crippen LogP contribution in [0.25, 0.3) is 38.6 Å². The summed E-state index contributed by atoms with van der Waals surface area (Å²) in [6, 6.07) is 15.5. The van der Waals surface area contributed by atoms with Gasteiger partial charge in [-0.2, -0.15) is 9.78 Å². The molecule has 0 fully saturated rings. The monoisotopic (exact) mass is 513 g/mol. The minimum Gasteiger partial charge on any atom is -0.478 e. The molecule has 0 aliphatic carbocycles. The second-order valence-electron chi connectivity index (χ2n) is 10.4. The first-order chi connectivity index (χ1) is 18.0. The van der Waals surface area contributed by atoms with Gasteiger partial charge >= 0.3 is 5.97 Å². The van der Waals surface area contributed by atoms with Crippen LogP contribution in [0.4, 0.5) is 4.39 Å². The lowest BCUT2D eigenvalue weighted by molar-refractivity contribution is 0.0696. The molecule has 3 aromatic carbocycles. The van der Waals surface area contributed by atoms with Crippen LogP contribution in [0.2, 0.25) is 0 Å². The molecule has 5 aromatic rings. The number of aromatic nitrogens is 3. The summed E-state index contributed by atoms with van der Waals surface area (Å²) >= 11 is 0. The van der Waals surface area contributed by atoms with E-state index in [0.29, 0.717) is 11.1 Å². The van der Waals surface area contributed by atoms with Gasteiger partial charge in [0.05, 0.1) is 35.1 Å². The smallest absolute Gasteiger partial charge is 0.335 e. The maximum Gasteiger partial charge on any atom is 0.335 e. The Morgan fingerprint density at radius 1 is 1.03 bits per heavy atom. The number of rotatable bonds is 5. The SMILES string of the molecule is COCc1c(-c2ccc(C(=O)O)cc2)c2cc3c(cnn3C(=O)C(C)(C)C)cc2n1-c1ccc(F)c(C)c1. The third-order valence-electron chi connectivity index (χ3n) is 6.69. The van der Waals surface area contributed by atoms with Gasteiger partial charge in [0.15, 0.2) is 0 Å². The third-order valence-corrected chi connectivity index (χ3v) is 6.69. The number of benzene rings is 3. The van der Waals surface area contributed by atoms with Gasteiger partial charge < -0.3 is 14.4 Å². The summed E-state index contributed by atoms with van der Waals surface area (Å²) in [5, 5.41) is 15.4. The van der Waals surface area contributed by atoms with E-state index in [1.807, 2.05) is 37.5 Å². The number of halogens is 1. The van der Waals surface area contributed by atoms with Crippen molar-refractivity contribution < 1.29 is 23.8 Å². The largest absolute Gasteiger partial charge is 0.478 e. The standard InChI is InChI=1S/C30H28FN3O4/c1-17-12-21(10-11-23(17)31)33-25-13-20-15-32-34(29(37)30(2,3)4)24(20)14-22(25)27(26(33)16-38-5)18-6-8-19(9-7-18)28(35)36/h6-15H,16H2,1-5H3,(H,35,36). The minimum absolute atomic E-state index is 0.134. The average Bonchev–Trinajstić information content (AvgIpc) is 3.41. The summed E-state index contributed by atoms with van der Waals surface area (Å²) in [6.07, 6.45) is 1.67. The van der Waals surface area contributed by atoms with Crippen LogP contribution in [0.15, 0.2) is 60.8 Å². The Kier molecular flexibility index (Phi) is 6.15. The molecule has 2 heterocycles. The Morgan fingerprint density at radius 2 is 1.74 bits per heavy atom. The Labute approximate surface area is 219 Å². The fraction of sp³-hybridized carbons (Fsp3) is 0.233. The summed E-state index contributed by atoms with van der Waals surface area (Å²) in [5.41, 5.74) is 4.73. The highest BCUT2D eigenvalue weighted by atomic mass is 19.1. The van der Waals surface area contributed by atoms with Crippen LogP contribution < -0.4 is 0 Å². The van der Waals surface area contributed by atoms with E-state index < -0.39 is 11.4 Å². The van der Waals surface area contributed by atoms with Crippen molar-refractivity contribution in [3.63, 3.8) is 0 Å². The molecule has 0 aliphatic heterocycles. The van der Waals surface area contributed by atoms with E-state index in [4.69, 9.17) is 4.74 Å². The Hall–Kier alpha value is -4.30. The van der Waals surface area contributed by atoms with E-state index in [0.717, 1.165) is 38.8 Å². The van der Waals surface area contributed by atoms with Crippen LogP contribution in [-0.4, -0.2) is 38.4 Å². The van der Waals surface area contributed by atoms with Gasteiger partial charge in [-0.3, -0.25) is 4.79 Å². The summed E-state index contributed by atoms with van der Waals surface area (Å²) in [6.45, 7) is 7.50. The zero-order chi connectivity index (χ0) is 27.4. The topological polar surface area (TPSA) is 86.3 Å². The van der Waals surface area contributed by atoms with Crippen molar-refractivity contribution in [2.24, 2.45) is 5.41 Å². The molecule has 0 spiro atoms. The number of carboxylic acids is 1. The predicted octanol–water partition coefficient (Wildman–Crippen LogP) is 6.63. The summed E-state index contributed by atoms with van der Waals surface area (Å²) in [7, 11) is 1.60. The lowest BCUT2D eigenvalue weighted by Crippen LogP contribution is -2.27. The van der Waals surface area contributed by atoms with Gasteiger partial charge in [-0.05, 0) is 60.5 Å². The van der Waals surface area contributed by atoms with Crippen molar-refractivity contribution in [1.82, 2.24) is 14.3 Å². The molecule has 0 saturated carbocycles. The van der Waals surface area contributed by atoms with Crippen molar-refractivity contribution in [3.8, 4) is 16.8 Å². The first-order valence-corrected chi connectivity index (χ1v) is 12.2. The van der Waals surface area contributed by atoms with E-state index >= 15 is 0 Å². The van der Waals surface area contributed by atoms with Crippen molar-refractivity contribution >= 4 is 33.7 Å². The molecule has 5 rings (SSSR count). The molecule has 7 nitrogen and oxygen atoms in total. The zero-order valence-electron chi connectivity index (χ0n) is 21.9. The molecule has 38 heavy (non-hydrogen) atoms. The van der Waals surface area contributed by atoms with Gasteiger partial charge in [-0.1, -0.05) is 32.9 Å². The normalized spacial score (nSPS) is 11.9. The molecular weight excluding hydrogens is 485 g/mol. The van der Waals surface area contributed by atoms with E-state index in [-0.39, 0.29) is 23.9 Å². The maximum atomic E-state index is 14.2. The fourth-order valence-corrected chi connectivity index (χ4v) is 4.78. The van der Waals surface area contributed by atoms with Gasteiger partial charge in [0.2, 0.25) is 0 Å². The van der Waals surface area contributed by atoms with Gasteiger partial charge in [0, 0.05) is 34.5 Å². The van der Waals surface area contributed by atoms with E-state index in [2.05, 4.69) is 5.10 Å². The Morgan fingerprint density at radius 3 is 2.34 bits per heavy atom. The quantitative estimate of drug-likeness (QED) is 0.285. The molecular formula is C30H28FN3O4. The zero-order valence-corrected chi connectivity index (χ0v) is 21.9. The molecule has 0 atom stereocenters. The number of methoxy groups -OCH3 is 1. The molecule has 0 radical (unpaired) electrons. The Bertz CT molecular complexity index is 1720. The number of ether oxygens (including phenoxy) is 1. The number of nitrogens with zero attached hydrogens (tertiary/aromatic N) is 3. The van der Waals surface area contributed by atoms with Gasteiger partial charge in [0.1, 0.15) is 5.82 Å². The molecule has 1 N–H and O–H groups in total. The number of carboxylic acid groups (broad SMARTS) is 1. The second-order valence-corrected chi connectivity index (χ2v) is 10.4. The number of aromatic carboxylic acids is 1. The highest BCUT2D eigenvalue weighted by Gasteiger charge is 2.27. The van der Waals surface area contributed by atoms with Crippen molar-refractivity contribution in [2.75, 3.05) is 7.11 Å². The maximum absolute atomic E-state index is 14.2. The van der Waals surface area contributed by atoms with E-state index in [1.165, 1.54) is 10.7 Å². The Balaban J connectivity index is 1.89. The van der Waals surface area contributed by atoms with Crippen LogP contribution >= 0.6 is 0 Å². The predicted molar refractivity (Wildman–Crippen MR) is 144 cm³/mol. The first kappa shape index (κ1) is 25.4. The van der Waals surface area contributed by atoms with Crippen LogP contribution in [0.5, 0.6) is 0 Å². The summed E-state index contributed by atoms with van der Waals surface area (Å²) in [4.78, 5) is 24.7. The molecule has 8 heteroatoms. The molecule has 194 valence electrons. The van der Waals surface area contributed by atoms with Gasteiger partial charge in [0.25, 0.3) is 5.91 Å². The van der Waals surface area contributed by atoms with Gasteiger partial charge in [-0.25, -0.2) is 9.18 Å². The molecule has 0 bridgehead atoms. The highest BCUT2D eigenvalue weighted by Crippen LogP contribution is 2.40. The van der Waals surface area contributed by atoms with Crippen molar-refractivity contribution in [1.29, 1.82) is 0 Å². The number of fused-ring (bicyclic) bond motifs is 2. The summed E-state index contributed by atoms with van der Waals surface area (Å²) in [5.74, 6) is -1.44. The van der Waals surface area contributed by atoms with E-state index in [1.54, 1.807) is 56.6 Å². The third kappa shape index (κ3) is 4.16. The van der Waals surface area contributed by atoms with Gasteiger partial charge in [-0.15, -0.1) is 0 Å². The number of hydrogen-bond acceptors (Lipinski definition) is 4. The lowest BCUT2D eigenvalue weighted by atomic mass is 9.95. The first-order valence-electron chi connectivity index (χ1n) is 12.2. The fourth-order valence-electron chi connectivity index (χ4n) is 4.78. The van der Waals surface area contributed by atoms with E-state index in [9.17, 15) is 19.1 Å². The molecule has 2 aromatic heterocycles. The van der Waals surface area contributed by atoms with Crippen LogP contribution in [0.3, 0.4) is 0 Å². The molecule has 0 aliphatic rings. The molecule has 0 saturated heterocycles. The molecule has 0 unspecified atom stereocenters. The average molecular weight is 514 g/mol. The van der Waals surface area contributed by atoms with Crippen LogP contribution in [0.1, 0.15) is 47.2 Å². The minimum atomic E-state index is -1.01. The lowest BCUT2D eigenvalue weighted by Gasteiger charge is -2.16. The number of hydrogen-bond donors (Lipinski definition) is 1. The highest BCUT2D eigenvalue weighted by molar-refractivity contribution is 6.07. The molecule has 0 amide bonds. The van der Waals surface area contributed by atoms with Crippen LogP contribution in [0, 0.1) is 18.2 Å². The van der Waals surface area contributed by atoms with Crippen LogP contribution in [-0.2, 0) is 11.3 Å². The van der Waals surface area contributed by atoms with Crippen molar-refractivity contribution in [2.45, 2.75) is 34.3 Å². The second kappa shape index (κ2) is 9.22. The number of carbonyl (C=O) groups is 2.